The van der Waals surface area contributed by atoms with E-state index in [2.05, 4.69) is 9.97 Å². The van der Waals surface area contributed by atoms with Crippen molar-refractivity contribution in [1.29, 1.82) is 0 Å². The molecule has 2 aliphatic rings. The molecule has 0 N–H and O–H groups in total. The Morgan fingerprint density at radius 1 is 1.43 bits per heavy atom. The van der Waals surface area contributed by atoms with Crippen LogP contribution < -0.4 is 0 Å². The summed E-state index contributed by atoms with van der Waals surface area (Å²) in [5, 5.41) is 0. The second kappa shape index (κ2) is 5.98. The van der Waals surface area contributed by atoms with Crippen LogP contribution in [0.25, 0.3) is 0 Å². The number of ether oxygens (including phenoxy) is 1. The number of thioether (sulfide) groups is 1. The summed E-state index contributed by atoms with van der Waals surface area (Å²) in [6, 6.07) is 5.84. The van der Waals surface area contributed by atoms with Gasteiger partial charge in [0.2, 0.25) is 0 Å². The SMILES string of the molecule is O=C(c1cocn1)N1CC2(C[C@@H](OCc3ccccn3)CS2)C1. The van der Waals surface area contributed by atoms with Gasteiger partial charge in [-0.1, -0.05) is 6.07 Å². The molecule has 6 nitrogen and oxygen atoms in total. The van der Waals surface area contributed by atoms with Crippen LogP contribution in [-0.4, -0.2) is 50.5 Å². The number of aromatic nitrogens is 2. The molecule has 1 atom stereocenters. The summed E-state index contributed by atoms with van der Waals surface area (Å²) < 4.78 is 11.0. The monoisotopic (exact) mass is 331 g/mol. The van der Waals surface area contributed by atoms with Crippen LogP contribution in [0.3, 0.4) is 0 Å². The first-order valence-electron chi connectivity index (χ1n) is 7.57. The maximum Gasteiger partial charge on any atom is 0.275 e. The van der Waals surface area contributed by atoms with Gasteiger partial charge in [-0.15, -0.1) is 11.8 Å². The Labute approximate surface area is 138 Å². The standard InChI is InChI=1S/C16H17N3O3S/c20-15(14-7-21-11-18-14)19-9-16(10-19)5-13(8-23-16)22-6-12-3-1-2-4-17-12/h1-4,7,11,13H,5-6,8-10H2/t13-/m1/s1. The molecule has 2 aromatic rings. The topological polar surface area (TPSA) is 68.5 Å². The lowest BCUT2D eigenvalue weighted by molar-refractivity contribution is 0.0243. The lowest BCUT2D eigenvalue weighted by Gasteiger charge is -2.47. The van der Waals surface area contributed by atoms with Gasteiger partial charge in [0.25, 0.3) is 5.91 Å². The average molecular weight is 331 g/mol. The molecule has 0 bridgehead atoms. The fraction of sp³-hybridized carbons (Fsp3) is 0.438. The van der Waals surface area contributed by atoms with Crippen molar-refractivity contribution in [2.45, 2.75) is 23.9 Å². The highest BCUT2D eigenvalue weighted by molar-refractivity contribution is 8.01. The molecule has 0 aliphatic carbocycles. The Kier molecular flexibility index (Phi) is 3.82. The van der Waals surface area contributed by atoms with Crippen LogP contribution in [0.15, 0.2) is 41.5 Å². The molecular weight excluding hydrogens is 314 g/mol. The van der Waals surface area contributed by atoms with Crippen molar-refractivity contribution in [1.82, 2.24) is 14.9 Å². The first kappa shape index (κ1) is 14.7. The molecular formula is C16H17N3O3S. The van der Waals surface area contributed by atoms with Crippen molar-refractivity contribution in [2.75, 3.05) is 18.8 Å². The molecule has 1 spiro atoms. The first-order valence-corrected chi connectivity index (χ1v) is 8.56. The fourth-order valence-corrected chi connectivity index (χ4v) is 4.64. The van der Waals surface area contributed by atoms with E-state index in [0.717, 1.165) is 31.0 Å². The van der Waals surface area contributed by atoms with Gasteiger partial charge < -0.3 is 14.1 Å². The first-order chi connectivity index (χ1) is 11.2. The van der Waals surface area contributed by atoms with Gasteiger partial charge in [-0.05, 0) is 18.6 Å². The highest BCUT2D eigenvalue weighted by Crippen LogP contribution is 2.46. The van der Waals surface area contributed by atoms with Gasteiger partial charge in [0.1, 0.15) is 6.26 Å². The van der Waals surface area contributed by atoms with E-state index in [1.54, 1.807) is 6.20 Å². The molecule has 120 valence electrons. The average Bonchev–Trinajstić information content (AvgIpc) is 3.22. The van der Waals surface area contributed by atoms with E-state index in [0.29, 0.717) is 12.3 Å². The molecule has 23 heavy (non-hydrogen) atoms. The molecule has 0 unspecified atom stereocenters. The number of hydrogen-bond donors (Lipinski definition) is 0. The van der Waals surface area contributed by atoms with Crippen molar-refractivity contribution < 1.29 is 13.9 Å². The van der Waals surface area contributed by atoms with Gasteiger partial charge >= 0.3 is 0 Å². The lowest BCUT2D eigenvalue weighted by atomic mass is 9.92. The molecule has 4 heterocycles. The highest BCUT2D eigenvalue weighted by Gasteiger charge is 2.51. The van der Waals surface area contributed by atoms with Gasteiger partial charge in [0, 0.05) is 25.0 Å². The number of carbonyl (C=O) groups is 1. The zero-order chi connectivity index (χ0) is 15.7. The van der Waals surface area contributed by atoms with Crippen LogP contribution in [0.1, 0.15) is 22.6 Å². The predicted octanol–water partition coefficient (Wildman–Crippen LogP) is 1.99. The minimum Gasteiger partial charge on any atom is -0.451 e. The number of carbonyl (C=O) groups excluding carboxylic acids is 1. The molecule has 0 saturated carbocycles. The maximum atomic E-state index is 12.2. The van der Waals surface area contributed by atoms with E-state index >= 15 is 0 Å². The van der Waals surface area contributed by atoms with Crippen molar-refractivity contribution in [3.05, 3.63) is 48.4 Å². The number of nitrogens with zero attached hydrogens (tertiary/aromatic N) is 3. The number of likely N-dealkylation sites (tertiary alicyclic amines) is 1. The molecule has 2 aliphatic heterocycles. The summed E-state index contributed by atoms with van der Waals surface area (Å²) in [5.41, 5.74) is 1.33. The lowest BCUT2D eigenvalue weighted by Crippen LogP contribution is -2.60. The zero-order valence-electron chi connectivity index (χ0n) is 12.6. The molecule has 2 aromatic heterocycles. The van der Waals surface area contributed by atoms with Crippen molar-refractivity contribution >= 4 is 17.7 Å². The minimum absolute atomic E-state index is 0.0529. The summed E-state index contributed by atoms with van der Waals surface area (Å²) >= 11 is 1.91. The Hall–Kier alpha value is -1.86. The highest BCUT2D eigenvalue weighted by atomic mass is 32.2. The molecule has 2 fully saturated rings. The van der Waals surface area contributed by atoms with Crippen molar-refractivity contribution in [2.24, 2.45) is 0 Å². The van der Waals surface area contributed by atoms with Crippen LogP contribution in [-0.2, 0) is 11.3 Å². The van der Waals surface area contributed by atoms with Crippen molar-refractivity contribution in [3.63, 3.8) is 0 Å². The molecule has 0 radical (unpaired) electrons. The van der Waals surface area contributed by atoms with E-state index in [4.69, 9.17) is 9.15 Å². The Bertz CT molecular complexity index is 671. The predicted molar refractivity (Wildman–Crippen MR) is 85.0 cm³/mol. The van der Waals surface area contributed by atoms with Gasteiger partial charge in [-0.2, -0.15) is 0 Å². The maximum absolute atomic E-state index is 12.2. The number of amides is 1. The third-order valence-electron chi connectivity index (χ3n) is 4.26. The summed E-state index contributed by atoms with van der Waals surface area (Å²) in [4.78, 5) is 22.2. The normalized spacial score (nSPS) is 22.3. The van der Waals surface area contributed by atoms with Gasteiger partial charge in [-0.25, -0.2) is 4.98 Å². The van der Waals surface area contributed by atoms with Crippen LogP contribution in [0, 0.1) is 0 Å². The molecule has 7 heteroatoms. The number of rotatable bonds is 4. The summed E-state index contributed by atoms with van der Waals surface area (Å²) in [6.45, 7) is 2.06. The van der Waals surface area contributed by atoms with Gasteiger partial charge in [0.15, 0.2) is 12.1 Å². The summed E-state index contributed by atoms with van der Waals surface area (Å²) in [7, 11) is 0. The summed E-state index contributed by atoms with van der Waals surface area (Å²) in [5.74, 6) is 0.918. The zero-order valence-corrected chi connectivity index (χ0v) is 13.4. The Morgan fingerprint density at radius 3 is 3.09 bits per heavy atom. The molecule has 1 amide bonds. The van der Waals surface area contributed by atoms with E-state index in [1.807, 2.05) is 34.9 Å². The van der Waals surface area contributed by atoms with Crippen LogP contribution in [0.5, 0.6) is 0 Å². The second-order valence-electron chi connectivity index (χ2n) is 5.99. The third kappa shape index (κ3) is 2.98. The van der Waals surface area contributed by atoms with E-state index in [-0.39, 0.29) is 16.8 Å². The van der Waals surface area contributed by atoms with Gasteiger partial charge in [-0.3, -0.25) is 9.78 Å². The smallest absolute Gasteiger partial charge is 0.275 e. The summed E-state index contributed by atoms with van der Waals surface area (Å²) in [6.07, 6.45) is 5.67. The van der Waals surface area contributed by atoms with Crippen molar-refractivity contribution in [3.8, 4) is 0 Å². The molecule has 0 aromatic carbocycles. The fourth-order valence-electron chi connectivity index (χ4n) is 3.09. The molecule has 2 saturated heterocycles. The number of oxazole rings is 1. The van der Waals surface area contributed by atoms with Crippen LogP contribution in [0.4, 0.5) is 0 Å². The Morgan fingerprint density at radius 2 is 2.35 bits per heavy atom. The number of hydrogen-bond acceptors (Lipinski definition) is 6. The van der Waals surface area contributed by atoms with E-state index in [1.165, 1.54) is 12.7 Å². The van der Waals surface area contributed by atoms with E-state index in [9.17, 15) is 4.79 Å². The van der Waals surface area contributed by atoms with Gasteiger partial charge in [0.05, 0.1) is 23.2 Å². The van der Waals surface area contributed by atoms with Crippen LogP contribution >= 0.6 is 11.8 Å². The van der Waals surface area contributed by atoms with Crippen LogP contribution in [0.2, 0.25) is 0 Å². The second-order valence-corrected chi connectivity index (χ2v) is 7.48. The minimum atomic E-state index is -0.0529. The Balaban J connectivity index is 1.27. The quantitative estimate of drug-likeness (QED) is 0.853. The van der Waals surface area contributed by atoms with E-state index < -0.39 is 0 Å². The third-order valence-corrected chi connectivity index (χ3v) is 5.84. The largest absolute Gasteiger partial charge is 0.451 e. The molecule has 4 rings (SSSR count). The number of pyridine rings is 1.